The molecule has 0 aliphatic rings. The van der Waals surface area contributed by atoms with Gasteiger partial charge in [-0.1, -0.05) is 155 Å². The third-order valence-corrected chi connectivity index (χ3v) is 9.59. The number of hydrogen-bond donors (Lipinski definition) is 3. The predicted molar refractivity (Wildman–Crippen MR) is 251 cm³/mol. The molecule has 0 spiro atoms. The van der Waals surface area contributed by atoms with E-state index < -0.39 is 45.8 Å². The molecule has 0 heterocycles. The smallest absolute Gasteiger partial charge is 0.457 e. The molecular formula is C50H81O9P. The molecule has 60 heavy (non-hydrogen) atoms. The molecule has 0 aliphatic heterocycles. The fourth-order valence-corrected chi connectivity index (χ4v) is 6.08. The molecule has 0 saturated heterocycles. The molecule has 9 nitrogen and oxygen atoms in total. The molecule has 10 heteroatoms. The van der Waals surface area contributed by atoms with Crippen LogP contribution in [0.3, 0.4) is 0 Å². The number of carbonyl (C=O) groups excluding carboxylic acids is 1. The van der Waals surface area contributed by atoms with Gasteiger partial charge in [0.2, 0.25) is 0 Å². The van der Waals surface area contributed by atoms with Crippen molar-refractivity contribution in [1.29, 1.82) is 0 Å². The van der Waals surface area contributed by atoms with Crippen molar-refractivity contribution in [3.8, 4) is 0 Å². The number of ether oxygens (including phenoxy) is 2. The summed E-state index contributed by atoms with van der Waals surface area (Å²) in [6.07, 6.45) is 60.1. The first-order chi connectivity index (χ1) is 29.3. The van der Waals surface area contributed by atoms with Crippen LogP contribution in [0.5, 0.6) is 0 Å². The molecule has 0 fully saturated rings. The molecule has 0 bridgehead atoms. The summed E-state index contributed by atoms with van der Waals surface area (Å²) in [5.41, 5.74) is 0. The molecule has 0 aromatic heterocycles. The van der Waals surface area contributed by atoms with Gasteiger partial charge in [-0.3, -0.25) is 13.8 Å². The lowest BCUT2D eigenvalue weighted by Gasteiger charge is -2.20. The Morgan fingerprint density at radius 1 is 0.517 bits per heavy atom. The lowest BCUT2D eigenvalue weighted by Crippen LogP contribution is -2.29. The third kappa shape index (κ3) is 44.4. The first kappa shape index (κ1) is 56.9. The molecule has 0 rings (SSSR count). The summed E-state index contributed by atoms with van der Waals surface area (Å²) in [7, 11) is -4.55. The molecule has 340 valence electrons. The van der Waals surface area contributed by atoms with E-state index in [1.807, 2.05) is 0 Å². The maximum atomic E-state index is 12.6. The van der Waals surface area contributed by atoms with Gasteiger partial charge in [0.05, 0.1) is 26.4 Å². The minimum atomic E-state index is -4.55. The maximum Gasteiger partial charge on any atom is 0.472 e. The summed E-state index contributed by atoms with van der Waals surface area (Å²) >= 11 is 0. The van der Waals surface area contributed by atoms with Crippen molar-refractivity contribution in [1.82, 2.24) is 0 Å². The number of esters is 1. The maximum absolute atomic E-state index is 12.6. The van der Waals surface area contributed by atoms with E-state index in [1.54, 1.807) is 0 Å². The summed E-state index contributed by atoms with van der Waals surface area (Å²) in [4.78, 5) is 22.6. The highest BCUT2D eigenvalue weighted by Gasteiger charge is 2.26. The predicted octanol–water partition coefficient (Wildman–Crippen LogP) is 12.8. The minimum absolute atomic E-state index is 0.00904. The van der Waals surface area contributed by atoms with Crippen LogP contribution >= 0.6 is 7.82 Å². The van der Waals surface area contributed by atoms with Crippen molar-refractivity contribution in [2.24, 2.45) is 0 Å². The first-order valence-corrected chi connectivity index (χ1v) is 24.0. The summed E-state index contributed by atoms with van der Waals surface area (Å²) < 4.78 is 33.4. The van der Waals surface area contributed by atoms with E-state index in [2.05, 4.69) is 135 Å². The molecule has 0 radical (unpaired) electrons. The van der Waals surface area contributed by atoms with Crippen LogP contribution in [0.2, 0.25) is 0 Å². The number of hydrogen-bond acceptors (Lipinski definition) is 8. The molecule has 0 amide bonds. The van der Waals surface area contributed by atoms with Crippen molar-refractivity contribution in [3.05, 3.63) is 122 Å². The van der Waals surface area contributed by atoms with Gasteiger partial charge in [0.25, 0.3) is 0 Å². The Morgan fingerprint density at radius 3 is 1.33 bits per heavy atom. The lowest BCUT2D eigenvalue weighted by atomic mass is 10.1. The first-order valence-electron chi connectivity index (χ1n) is 22.5. The average molecular weight is 857 g/mol. The van der Waals surface area contributed by atoms with Crippen LogP contribution in [0.1, 0.15) is 142 Å². The highest BCUT2D eigenvalue weighted by molar-refractivity contribution is 7.47. The summed E-state index contributed by atoms with van der Waals surface area (Å²) in [5, 5.41) is 18.4. The second-order valence-electron chi connectivity index (χ2n) is 14.3. The van der Waals surface area contributed by atoms with Crippen LogP contribution in [-0.2, 0) is 27.9 Å². The average Bonchev–Trinajstić information content (AvgIpc) is 3.24. The van der Waals surface area contributed by atoms with E-state index in [-0.39, 0.29) is 13.0 Å². The van der Waals surface area contributed by atoms with Gasteiger partial charge in [0, 0.05) is 13.0 Å². The van der Waals surface area contributed by atoms with Gasteiger partial charge in [-0.15, -0.1) is 0 Å². The zero-order valence-corrected chi connectivity index (χ0v) is 38.0. The number of aliphatic hydroxyl groups is 2. The third-order valence-electron chi connectivity index (χ3n) is 8.64. The van der Waals surface area contributed by atoms with Gasteiger partial charge >= 0.3 is 13.8 Å². The second-order valence-corrected chi connectivity index (χ2v) is 15.8. The van der Waals surface area contributed by atoms with Crippen LogP contribution in [0.4, 0.5) is 0 Å². The topological polar surface area (TPSA) is 132 Å². The van der Waals surface area contributed by atoms with Crippen LogP contribution < -0.4 is 0 Å². The minimum Gasteiger partial charge on any atom is -0.457 e. The van der Waals surface area contributed by atoms with E-state index in [1.165, 1.54) is 0 Å². The molecule has 3 atom stereocenters. The van der Waals surface area contributed by atoms with Gasteiger partial charge in [-0.2, -0.15) is 0 Å². The van der Waals surface area contributed by atoms with Crippen molar-refractivity contribution in [2.45, 2.75) is 154 Å². The largest absolute Gasteiger partial charge is 0.472 e. The number of unbranched alkanes of at least 4 members (excludes halogenated alkanes) is 7. The fraction of sp³-hybridized carbons (Fsp3) is 0.580. The number of allylic oxidation sites excluding steroid dienone is 20. The fourth-order valence-electron chi connectivity index (χ4n) is 5.29. The Kier molecular flexibility index (Phi) is 43.0. The molecule has 0 aliphatic carbocycles. The number of phosphoric ester groups is 1. The monoisotopic (exact) mass is 857 g/mol. The Labute approximate surface area is 364 Å². The Balaban J connectivity index is 4.32. The van der Waals surface area contributed by atoms with Gasteiger partial charge in [-0.05, 0) is 103 Å². The zero-order valence-electron chi connectivity index (χ0n) is 37.1. The van der Waals surface area contributed by atoms with Crippen molar-refractivity contribution in [2.75, 3.05) is 33.0 Å². The van der Waals surface area contributed by atoms with Crippen LogP contribution in [0, 0.1) is 0 Å². The Hall–Kier alpha value is -3.14. The van der Waals surface area contributed by atoms with E-state index in [9.17, 15) is 19.4 Å². The highest BCUT2D eigenvalue weighted by Crippen LogP contribution is 2.43. The Morgan fingerprint density at radius 2 is 0.900 bits per heavy atom. The van der Waals surface area contributed by atoms with Crippen molar-refractivity contribution in [3.63, 3.8) is 0 Å². The molecule has 3 unspecified atom stereocenters. The van der Waals surface area contributed by atoms with Crippen molar-refractivity contribution < 1.29 is 43.0 Å². The molecule has 3 N–H and O–H groups in total. The summed E-state index contributed by atoms with van der Waals surface area (Å²) in [5.74, 6) is -0.429. The molecular weight excluding hydrogens is 776 g/mol. The van der Waals surface area contributed by atoms with Crippen molar-refractivity contribution >= 4 is 13.8 Å². The standard InChI is InChI=1S/C50H81O9P/c1-3-5-7-9-11-13-15-17-19-21-23-25-27-29-31-33-35-37-39-41-43-56-46-49(47-58-60(54,55)57-45-48(52)44-51)59-50(53)42-40-38-36-34-32-30-28-26-24-22-20-18-16-14-12-10-8-6-4-2/h5-8,11-14,17-20,23-26,29-32,48-49,51-52H,3-4,9-10,15-16,21-22,27-28,33-47H2,1-2H3,(H,54,55)/b7-5-,8-6-,13-11-,14-12-,19-17-,20-18-,25-23-,26-24-,31-29-,32-30-. The molecule has 0 aromatic carbocycles. The highest BCUT2D eigenvalue weighted by atomic mass is 31.2. The SMILES string of the molecule is CC/C=C\C/C=C\C/C=C\C/C=C\C/C=C\CCCCCCOCC(COP(=O)(O)OCC(O)CO)OC(=O)CCCCC/C=C\C/C=C\C/C=C\C/C=C\C/C=C\CC. The van der Waals surface area contributed by atoms with Crippen LogP contribution in [0.15, 0.2) is 122 Å². The van der Waals surface area contributed by atoms with Gasteiger partial charge in [-0.25, -0.2) is 4.57 Å². The number of carbonyl (C=O) groups is 1. The van der Waals surface area contributed by atoms with Crippen LogP contribution in [0.25, 0.3) is 0 Å². The van der Waals surface area contributed by atoms with E-state index >= 15 is 0 Å². The summed E-state index contributed by atoms with van der Waals surface area (Å²) in [6.45, 7) is 3.14. The van der Waals surface area contributed by atoms with Gasteiger partial charge in [0.15, 0.2) is 0 Å². The summed E-state index contributed by atoms with van der Waals surface area (Å²) in [6, 6.07) is 0. The molecule has 0 aromatic rings. The van der Waals surface area contributed by atoms with E-state index in [0.29, 0.717) is 13.0 Å². The Bertz CT molecular complexity index is 1340. The van der Waals surface area contributed by atoms with Crippen LogP contribution in [-0.4, -0.2) is 66.3 Å². The van der Waals surface area contributed by atoms with E-state index in [0.717, 1.165) is 116 Å². The number of phosphoric acid groups is 1. The lowest BCUT2D eigenvalue weighted by molar-refractivity contribution is -0.154. The van der Waals surface area contributed by atoms with Gasteiger partial charge < -0.3 is 24.6 Å². The normalized spacial score (nSPS) is 15.1. The zero-order chi connectivity index (χ0) is 43.9. The quantitative estimate of drug-likeness (QED) is 0.0238. The number of aliphatic hydroxyl groups excluding tert-OH is 2. The number of rotatable bonds is 41. The van der Waals surface area contributed by atoms with Gasteiger partial charge in [0.1, 0.15) is 12.2 Å². The second kappa shape index (κ2) is 45.4. The molecule has 0 saturated carbocycles. The van der Waals surface area contributed by atoms with E-state index in [4.69, 9.17) is 23.6 Å².